The Bertz CT molecular complexity index is 1790. The molecule has 0 bridgehead atoms. The van der Waals surface area contributed by atoms with Gasteiger partial charge in [0, 0.05) is 0 Å². The fraction of sp³-hybridized carbons (Fsp3) is 0.0385. The molecule has 0 nitrogen and oxygen atoms in total. The molecule has 0 unspecified atom stereocenters. The molecular formula is C52H46Br2P4Pd-2. The summed E-state index contributed by atoms with van der Waals surface area (Å²) in [7, 11) is -1.75. The maximum atomic E-state index is 3.11. The van der Waals surface area contributed by atoms with Crippen LogP contribution in [0.4, 0.5) is 0 Å². The molecule has 0 fully saturated rings. The molecule has 8 aromatic carbocycles. The summed E-state index contributed by atoms with van der Waals surface area (Å²) in [6, 6.07) is 87.6. The molecule has 0 amide bonds. The van der Waals surface area contributed by atoms with Gasteiger partial charge in [0.05, 0.1) is 0 Å². The third-order valence-corrected chi connectivity index (χ3v) is 19.2. The zero-order chi connectivity index (χ0) is 40.7. The molecule has 59 heavy (non-hydrogen) atoms. The largest absolute Gasteiger partial charge is 0.289 e. The van der Waals surface area contributed by atoms with Gasteiger partial charge in [0.1, 0.15) is 0 Å². The van der Waals surface area contributed by atoms with Crippen LogP contribution in [0.25, 0.3) is 0 Å². The van der Waals surface area contributed by atoms with Crippen molar-refractivity contribution < 1.29 is 13.9 Å². The monoisotopic (exact) mass is 1060 g/mol. The van der Waals surface area contributed by atoms with Gasteiger partial charge in [-0.05, 0) is 21.2 Å². The van der Waals surface area contributed by atoms with E-state index in [2.05, 4.69) is 282 Å². The van der Waals surface area contributed by atoms with E-state index in [0.29, 0.717) is 13.9 Å². The van der Waals surface area contributed by atoms with Crippen LogP contribution in [0.2, 0.25) is 0 Å². The molecule has 0 saturated carbocycles. The Morgan fingerprint density at radius 1 is 0.271 bits per heavy atom. The quantitative estimate of drug-likeness (QED) is 0.0578. The van der Waals surface area contributed by atoms with Crippen LogP contribution < -0.4 is 42.4 Å². The standard InChI is InChI=1S/2C26H23P2.2BrH.Pd/c2*1-5-13-23(14-6-1)27(24-15-7-2-8-16-24)21-22-28(25-17-9-3-10-18-25)26-19-11-4-12-20-26;;;/h2*1-21H,22H2;2*1H;/q2*-1;;;+2/p-2. The topological polar surface area (TPSA) is 0 Å². The number of benzene rings is 8. The molecule has 0 aliphatic carbocycles. The molecule has 0 aromatic heterocycles. The number of hydrogen-bond acceptors (Lipinski definition) is 0. The third-order valence-electron chi connectivity index (χ3n) is 9.30. The smallest absolute Gasteiger partial charge is 0.0220 e. The van der Waals surface area contributed by atoms with Crippen LogP contribution in [-0.4, -0.2) is 12.3 Å². The summed E-state index contributed by atoms with van der Waals surface area (Å²) < 4.78 is 0. The van der Waals surface area contributed by atoms with E-state index in [1.54, 1.807) is 0 Å². The van der Waals surface area contributed by atoms with E-state index in [1.165, 1.54) is 42.4 Å². The molecule has 8 rings (SSSR count). The Morgan fingerprint density at radius 3 is 0.593 bits per heavy atom. The summed E-state index contributed by atoms with van der Waals surface area (Å²) in [6.07, 6.45) is 7.31. The normalized spacial score (nSPS) is 10.9. The van der Waals surface area contributed by atoms with Crippen LogP contribution in [0.3, 0.4) is 0 Å². The van der Waals surface area contributed by atoms with E-state index < -0.39 is 31.7 Å². The van der Waals surface area contributed by atoms with Gasteiger partial charge in [0.2, 0.25) is 0 Å². The summed E-state index contributed by atoms with van der Waals surface area (Å²) in [5.41, 5.74) is 0. The third kappa shape index (κ3) is 14.6. The predicted molar refractivity (Wildman–Crippen MR) is 272 cm³/mol. The van der Waals surface area contributed by atoms with E-state index in [1.807, 2.05) is 0 Å². The zero-order valence-electron chi connectivity index (χ0n) is 32.5. The van der Waals surface area contributed by atoms with Crippen molar-refractivity contribution in [2.75, 3.05) is 12.3 Å². The van der Waals surface area contributed by atoms with Crippen molar-refractivity contribution in [3.63, 3.8) is 0 Å². The van der Waals surface area contributed by atoms with Gasteiger partial charge in [-0.2, -0.15) is 0 Å². The maximum Gasteiger partial charge on any atom is -0.0220 e. The van der Waals surface area contributed by atoms with Crippen molar-refractivity contribution >= 4 is 101 Å². The second kappa shape index (κ2) is 26.4. The number of rotatable bonds is 14. The van der Waals surface area contributed by atoms with Crippen LogP contribution in [0, 0.1) is 12.3 Å². The molecule has 8 aromatic rings. The van der Waals surface area contributed by atoms with Crippen LogP contribution >= 0.6 is 58.5 Å². The predicted octanol–water partition coefficient (Wildman–Crippen LogP) is 12.5. The van der Waals surface area contributed by atoms with Crippen LogP contribution in [0.1, 0.15) is 0 Å². The fourth-order valence-electron chi connectivity index (χ4n) is 6.55. The maximum absolute atomic E-state index is 3.11. The van der Waals surface area contributed by atoms with E-state index in [4.69, 9.17) is 0 Å². The molecule has 0 aliphatic heterocycles. The van der Waals surface area contributed by atoms with Crippen molar-refractivity contribution in [1.29, 1.82) is 0 Å². The van der Waals surface area contributed by atoms with Crippen molar-refractivity contribution in [3.05, 3.63) is 255 Å². The van der Waals surface area contributed by atoms with Crippen LogP contribution in [0.5, 0.6) is 0 Å². The Labute approximate surface area is 379 Å². The molecule has 0 N–H and O–H groups in total. The molecule has 0 heterocycles. The van der Waals surface area contributed by atoms with E-state index in [9.17, 15) is 0 Å². The average Bonchev–Trinajstić information content (AvgIpc) is 3.32. The van der Waals surface area contributed by atoms with Gasteiger partial charge in [0.15, 0.2) is 0 Å². The second-order valence-corrected chi connectivity index (χ2v) is 29.0. The Balaban J connectivity index is 0.000000186. The first-order valence-corrected chi connectivity index (χ1v) is 32.3. The summed E-state index contributed by atoms with van der Waals surface area (Å²) in [4.78, 5) is 0. The first-order valence-electron chi connectivity index (χ1n) is 19.3. The summed E-state index contributed by atoms with van der Waals surface area (Å²) in [5, 5.41) is 11.4. The van der Waals surface area contributed by atoms with Crippen molar-refractivity contribution in [2.45, 2.75) is 0 Å². The van der Waals surface area contributed by atoms with Crippen LogP contribution in [0.15, 0.2) is 243 Å². The van der Waals surface area contributed by atoms with Gasteiger partial charge >= 0.3 is 40.8 Å². The fourth-order valence-corrected chi connectivity index (χ4v) is 16.1. The SMILES string of the molecule is [Br][Pd][Br].c1ccc(P([CH-]CP(c2ccccc2)c2ccccc2)c2ccccc2)cc1.c1ccc(P([CH-]CP(c2ccccc2)c2ccccc2)c2ccccc2)cc1. The number of hydrogen-bond donors (Lipinski definition) is 0. The van der Waals surface area contributed by atoms with E-state index in [-0.39, 0.29) is 0 Å². The molecule has 7 heteroatoms. The second-order valence-electron chi connectivity index (χ2n) is 13.1. The van der Waals surface area contributed by atoms with Gasteiger partial charge in [-0.1, -0.05) is 280 Å². The van der Waals surface area contributed by atoms with E-state index >= 15 is 0 Å². The van der Waals surface area contributed by atoms with Crippen molar-refractivity contribution in [2.24, 2.45) is 0 Å². The van der Waals surface area contributed by atoms with Crippen molar-refractivity contribution in [3.8, 4) is 0 Å². The molecule has 0 atom stereocenters. The molecule has 0 saturated heterocycles. The van der Waals surface area contributed by atoms with E-state index in [0.717, 1.165) is 12.3 Å². The molecule has 300 valence electrons. The molecule has 0 spiro atoms. The minimum atomic E-state index is -0.473. The summed E-state index contributed by atoms with van der Waals surface area (Å²) in [5.74, 6) is 0. The minimum Gasteiger partial charge on any atom is -0.289 e. The first-order chi connectivity index (χ1) is 29.2. The van der Waals surface area contributed by atoms with Gasteiger partial charge in [-0.25, -0.2) is 15.8 Å². The Kier molecular flexibility index (Phi) is 20.4. The number of halogens is 2. The molecule has 0 aliphatic rings. The summed E-state index contributed by atoms with van der Waals surface area (Å²) in [6.45, 7) is 0. The van der Waals surface area contributed by atoms with Crippen LogP contribution in [-0.2, 0) is 13.9 Å². The average molecular weight is 1060 g/mol. The van der Waals surface area contributed by atoms with Crippen molar-refractivity contribution in [1.82, 2.24) is 0 Å². The minimum absolute atomic E-state index is 0.403. The van der Waals surface area contributed by atoms with Gasteiger partial charge in [0.25, 0.3) is 0 Å². The summed E-state index contributed by atoms with van der Waals surface area (Å²) >= 11 is 6.80. The first kappa shape index (κ1) is 45.6. The molecule has 0 radical (unpaired) electrons. The van der Waals surface area contributed by atoms with Gasteiger partial charge < -0.3 is 0 Å². The Morgan fingerprint density at radius 2 is 0.424 bits per heavy atom. The van der Waals surface area contributed by atoms with Gasteiger partial charge in [-0.3, -0.25) is 12.3 Å². The zero-order valence-corrected chi connectivity index (χ0v) is 40.8. The van der Waals surface area contributed by atoms with Gasteiger partial charge in [-0.15, -0.1) is 12.3 Å². The Hall–Kier alpha value is -2.90. The molecular weight excluding hydrogens is 1010 g/mol.